The molecule has 0 saturated carbocycles. The summed E-state index contributed by atoms with van der Waals surface area (Å²) in [6, 6.07) is 7.95. The molecule has 0 aliphatic rings. The molecule has 63 valence electrons. The average molecular weight is 184 g/mol. The highest BCUT2D eigenvalue weighted by Crippen LogP contribution is 2.15. The maximum absolute atomic E-state index is 10.5. The molecule has 0 spiro atoms. The van der Waals surface area contributed by atoms with Crippen LogP contribution in [-0.2, 0) is 16.1 Å². The summed E-state index contributed by atoms with van der Waals surface area (Å²) in [5.41, 5.74) is 0.797. The molecule has 1 radical (unpaired) electrons. The highest BCUT2D eigenvalue weighted by Gasteiger charge is 1.99. The van der Waals surface area contributed by atoms with E-state index in [1.165, 1.54) is 6.92 Å². The van der Waals surface area contributed by atoms with Crippen molar-refractivity contribution in [2.45, 2.75) is 13.5 Å². The van der Waals surface area contributed by atoms with Crippen LogP contribution in [0.15, 0.2) is 18.2 Å². The standard InChI is InChI=1S/C9H8ClO2/c1-7(11)12-6-8-4-2-3-5-9(8)10/h2,4-5H,6H2,1H3. The van der Waals surface area contributed by atoms with E-state index in [2.05, 4.69) is 6.07 Å². The second-order valence-corrected chi connectivity index (χ2v) is 2.70. The number of hydrogen-bond donors (Lipinski definition) is 0. The second kappa shape index (κ2) is 4.12. The lowest BCUT2D eigenvalue weighted by Gasteiger charge is -2.02. The Labute approximate surface area is 76.1 Å². The first kappa shape index (κ1) is 9.07. The molecular formula is C9H8ClO2. The molecule has 0 aromatic heterocycles. The zero-order chi connectivity index (χ0) is 8.97. The highest BCUT2D eigenvalue weighted by atomic mass is 35.5. The largest absolute Gasteiger partial charge is 0.461 e. The van der Waals surface area contributed by atoms with Gasteiger partial charge in [-0.25, -0.2) is 0 Å². The van der Waals surface area contributed by atoms with Gasteiger partial charge in [-0.1, -0.05) is 23.7 Å². The number of benzene rings is 1. The van der Waals surface area contributed by atoms with Gasteiger partial charge in [0.05, 0.1) is 0 Å². The molecule has 3 heteroatoms. The summed E-state index contributed by atoms with van der Waals surface area (Å²) in [4.78, 5) is 10.5. The third-order valence-corrected chi connectivity index (χ3v) is 1.68. The number of carbonyl (C=O) groups is 1. The SMILES string of the molecule is CC(=O)OCc1cc[c]cc1Cl. The molecule has 1 aromatic rings. The summed E-state index contributed by atoms with van der Waals surface area (Å²) in [5, 5.41) is 0.568. The summed E-state index contributed by atoms with van der Waals surface area (Å²) in [5.74, 6) is -0.307. The van der Waals surface area contributed by atoms with Crippen LogP contribution in [0.2, 0.25) is 5.02 Å². The fourth-order valence-electron chi connectivity index (χ4n) is 0.739. The molecule has 0 heterocycles. The Kier molecular flexibility index (Phi) is 3.11. The van der Waals surface area contributed by atoms with Crippen molar-refractivity contribution in [3.8, 4) is 0 Å². The van der Waals surface area contributed by atoms with Gasteiger partial charge in [0.1, 0.15) is 6.61 Å². The lowest BCUT2D eigenvalue weighted by atomic mass is 10.2. The number of carbonyl (C=O) groups excluding carboxylic acids is 1. The first-order valence-corrected chi connectivity index (χ1v) is 3.86. The minimum Gasteiger partial charge on any atom is -0.461 e. The van der Waals surface area contributed by atoms with Crippen molar-refractivity contribution in [3.05, 3.63) is 34.9 Å². The van der Waals surface area contributed by atoms with E-state index in [1.54, 1.807) is 18.2 Å². The highest BCUT2D eigenvalue weighted by molar-refractivity contribution is 6.31. The smallest absolute Gasteiger partial charge is 0.302 e. The van der Waals surface area contributed by atoms with Gasteiger partial charge in [-0.2, -0.15) is 0 Å². The van der Waals surface area contributed by atoms with Gasteiger partial charge in [-0.05, 0) is 12.1 Å². The second-order valence-electron chi connectivity index (χ2n) is 2.30. The van der Waals surface area contributed by atoms with E-state index in [0.717, 1.165) is 5.56 Å². The van der Waals surface area contributed by atoms with Crippen molar-refractivity contribution in [2.75, 3.05) is 0 Å². The quantitative estimate of drug-likeness (QED) is 0.658. The van der Waals surface area contributed by atoms with Crippen LogP contribution in [0.25, 0.3) is 0 Å². The van der Waals surface area contributed by atoms with Crippen LogP contribution in [0.3, 0.4) is 0 Å². The van der Waals surface area contributed by atoms with Crippen molar-refractivity contribution in [1.82, 2.24) is 0 Å². The van der Waals surface area contributed by atoms with Gasteiger partial charge in [0.15, 0.2) is 0 Å². The van der Waals surface area contributed by atoms with Crippen LogP contribution in [0, 0.1) is 6.07 Å². The van der Waals surface area contributed by atoms with E-state index >= 15 is 0 Å². The Hall–Kier alpha value is -1.02. The zero-order valence-corrected chi connectivity index (χ0v) is 7.39. The van der Waals surface area contributed by atoms with Crippen molar-refractivity contribution >= 4 is 17.6 Å². The summed E-state index contributed by atoms with van der Waals surface area (Å²) in [6.07, 6.45) is 0. The molecule has 0 atom stereocenters. The number of hydrogen-bond acceptors (Lipinski definition) is 2. The number of halogens is 1. The minimum absolute atomic E-state index is 0.225. The third-order valence-electron chi connectivity index (χ3n) is 1.33. The van der Waals surface area contributed by atoms with E-state index in [-0.39, 0.29) is 12.6 Å². The molecule has 0 saturated heterocycles. The predicted octanol–water partition coefficient (Wildman–Crippen LogP) is 2.20. The Balaban J connectivity index is 2.63. The fraction of sp³-hybridized carbons (Fsp3) is 0.222. The van der Waals surface area contributed by atoms with Crippen LogP contribution in [-0.4, -0.2) is 5.97 Å². The lowest BCUT2D eigenvalue weighted by Crippen LogP contribution is -1.98. The molecule has 0 amide bonds. The summed E-state index contributed by atoms with van der Waals surface area (Å²) in [6.45, 7) is 1.59. The molecule has 0 bridgehead atoms. The predicted molar refractivity (Wildman–Crippen MR) is 45.8 cm³/mol. The van der Waals surface area contributed by atoms with Crippen molar-refractivity contribution in [3.63, 3.8) is 0 Å². The van der Waals surface area contributed by atoms with Crippen molar-refractivity contribution < 1.29 is 9.53 Å². The molecule has 12 heavy (non-hydrogen) atoms. The van der Waals surface area contributed by atoms with Crippen LogP contribution >= 0.6 is 11.6 Å². The number of rotatable bonds is 2. The molecule has 0 N–H and O–H groups in total. The van der Waals surface area contributed by atoms with E-state index < -0.39 is 0 Å². The summed E-state index contributed by atoms with van der Waals surface area (Å²) < 4.78 is 4.77. The first-order valence-electron chi connectivity index (χ1n) is 3.48. The molecule has 2 nitrogen and oxygen atoms in total. The van der Waals surface area contributed by atoms with Gasteiger partial charge in [0.2, 0.25) is 0 Å². The Bertz CT molecular complexity index is 284. The molecule has 0 fully saturated rings. The zero-order valence-electron chi connectivity index (χ0n) is 6.63. The fourth-order valence-corrected chi connectivity index (χ4v) is 0.919. The molecule has 0 aliphatic carbocycles. The van der Waals surface area contributed by atoms with Gasteiger partial charge >= 0.3 is 5.97 Å². The van der Waals surface area contributed by atoms with Crippen LogP contribution < -0.4 is 0 Å². The maximum atomic E-state index is 10.5. The molecule has 0 aliphatic heterocycles. The summed E-state index contributed by atoms with van der Waals surface area (Å²) in [7, 11) is 0. The van der Waals surface area contributed by atoms with Crippen LogP contribution in [0.1, 0.15) is 12.5 Å². The Morgan fingerprint density at radius 2 is 2.50 bits per heavy atom. The van der Waals surface area contributed by atoms with Crippen molar-refractivity contribution in [2.24, 2.45) is 0 Å². The van der Waals surface area contributed by atoms with Crippen LogP contribution in [0.4, 0.5) is 0 Å². The molecule has 1 aromatic carbocycles. The van der Waals surface area contributed by atoms with E-state index in [4.69, 9.17) is 16.3 Å². The van der Waals surface area contributed by atoms with E-state index in [0.29, 0.717) is 5.02 Å². The Morgan fingerprint density at radius 1 is 1.75 bits per heavy atom. The molecule has 0 unspecified atom stereocenters. The third kappa shape index (κ3) is 2.55. The van der Waals surface area contributed by atoms with E-state index in [9.17, 15) is 4.79 Å². The van der Waals surface area contributed by atoms with Gasteiger partial charge in [-0.3, -0.25) is 4.79 Å². The average Bonchev–Trinajstić information content (AvgIpc) is 2.03. The molecule has 1 rings (SSSR count). The van der Waals surface area contributed by atoms with Gasteiger partial charge in [0, 0.05) is 17.5 Å². The Morgan fingerprint density at radius 3 is 3.08 bits per heavy atom. The summed E-state index contributed by atoms with van der Waals surface area (Å²) >= 11 is 5.79. The van der Waals surface area contributed by atoms with Crippen LogP contribution in [0.5, 0.6) is 0 Å². The van der Waals surface area contributed by atoms with E-state index in [1.807, 2.05) is 0 Å². The number of ether oxygens (including phenoxy) is 1. The molecular weight excluding hydrogens is 176 g/mol. The first-order chi connectivity index (χ1) is 5.70. The lowest BCUT2D eigenvalue weighted by molar-refractivity contribution is -0.142. The monoisotopic (exact) mass is 183 g/mol. The van der Waals surface area contributed by atoms with Crippen molar-refractivity contribution in [1.29, 1.82) is 0 Å². The normalized spacial score (nSPS) is 9.50. The van der Waals surface area contributed by atoms with Gasteiger partial charge in [0.25, 0.3) is 0 Å². The van der Waals surface area contributed by atoms with Gasteiger partial charge < -0.3 is 4.74 Å². The minimum atomic E-state index is -0.307. The number of esters is 1. The topological polar surface area (TPSA) is 26.3 Å². The maximum Gasteiger partial charge on any atom is 0.302 e. The van der Waals surface area contributed by atoms with Gasteiger partial charge in [-0.15, -0.1) is 0 Å².